The first-order valence-electron chi connectivity index (χ1n) is 8.76. The van der Waals surface area contributed by atoms with Gasteiger partial charge in [-0.05, 0) is 41.3 Å². The lowest BCUT2D eigenvalue weighted by Gasteiger charge is -2.16. The molecule has 1 saturated heterocycles. The minimum absolute atomic E-state index is 0.0154. The topological polar surface area (TPSA) is 70.4 Å². The largest absolute Gasteiger partial charge is 0.487 e. The summed E-state index contributed by atoms with van der Waals surface area (Å²) in [5.74, 6) is -1.89. The van der Waals surface area contributed by atoms with E-state index in [2.05, 4.69) is 6.19 Å². The first-order valence-corrected chi connectivity index (χ1v) is 10.6. The fraction of sp³-hybridized carbons (Fsp3) is 0.350. The molecule has 1 aliphatic rings. The molecule has 0 radical (unpaired) electrons. The lowest BCUT2D eigenvalue weighted by atomic mass is 9.99. The second kappa shape index (κ2) is 7.76. The molecule has 2 aromatic rings. The average molecular weight is 406 g/mol. The number of rotatable bonds is 5. The lowest BCUT2D eigenvalue weighted by molar-refractivity contribution is 0.213. The van der Waals surface area contributed by atoms with Gasteiger partial charge in [0.05, 0.1) is 11.5 Å². The highest BCUT2D eigenvalue weighted by molar-refractivity contribution is 7.90. The minimum Gasteiger partial charge on any atom is -0.487 e. The van der Waals surface area contributed by atoms with E-state index in [1.807, 2.05) is 6.92 Å². The molecule has 0 spiro atoms. The van der Waals surface area contributed by atoms with E-state index in [4.69, 9.17) is 10.00 Å². The summed E-state index contributed by atoms with van der Waals surface area (Å²) in [5.41, 5.74) is 0.776. The Morgan fingerprint density at radius 3 is 2.25 bits per heavy atom. The van der Waals surface area contributed by atoms with Crippen molar-refractivity contribution in [3.63, 3.8) is 0 Å². The second-order valence-corrected chi connectivity index (χ2v) is 9.13. The number of hydrogen-bond donors (Lipinski definition) is 0. The van der Waals surface area contributed by atoms with Crippen LogP contribution >= 0.6 is 0 Å². The zero-order valence-corrected chi connectivity index (χ0v) is 16.3. The molecule has 0 bridgehead atoms. The highest BCUT2D eigenvalue weighted by atomic mass is 32.2. The first kappa shape index (κ1) is 20.1. The Balaban J connectivity index is 1.77. The molecule has 2 atom stereocenters. The van der Waals surface area contributed by atoms with Crippen molar-refractivity contribution in [2.75, 3.05) is 26.0 Å². The van der Waals surface area contributed by atoms with E-state index in [0.29, 0.717) is 18.7 Å². The molecule has 8 heteroatoms. The van der Waals surface area contributed by atoms with Crippen LogP contribution in [0.15, 0.2) is 41.3 Å². The Kier molecular flexibility index (Phi) is 5.57. The molecule has 1 fully saturated rings. The van der Waals surface area contributed by atoms with Crippen molar-refractivity contribution in [2.24, 2.45) is 11.8 Å². The van der Waals surface area contributed by atoms with Gasteiger partial charge >= 0.3 is 0 Å². The maximum atomic E-state index is 14.5. The van der Waals surface area contributed by atoms with Crippen LogP contribution in [0.4, 0.5) is 8.78 Å². The summed E-state index contributed by atoms with van der Waals surface area (Å²) in [6.45, 7) is 3.21. The summed E-state index contributed by atoms with van der Waals surface area (Å²) < 4.78 is 57.4. The van der Waals surface area contributed by atoms with Crippen LogP contribution in [0.5, 0.6) is 5.75 Å². The number of sulfone groups is 1. The van der Waals surface area contributed by atoms with E-state index >= 15 is 0 Å². The molecule has 0 unspecified atom stereocenters. The van der Waals surface area contributed by atoms with Crippen molar-refractivity contribution in [3.8, 4) is 23.1 Å². The Morgan fingerprint density at radius 2 is 1.75 bits per heavy atom. The normalized spacial score (nSPS) is 19.5. The average Bonchev–Trinajstić information content (AvgIpc) is 3.00. The number of nitriles is 1. The third-order valence-corrected chi connectivity index (χ3v) is 6.09. The molecule has 0 aliphatic carbocycles. The van der Waals surface area contributed by atoms with Crippen molar-refractivity contribution >= 4 is 9.84 Å². The van der Waals surface area contributed by atoms with E-state index < -0.39 is 27.2 Å². The predicted octanol–water partition coefficient (Wildman–Crippen LogP) is 3.46. The number of halogens is 2. The van der Waals surface area contributed by atoms with Crippen molar-refractivity contribution in [3.05, 3.63) is 48.0 Å². The zero-order valence-electron chi connectivity index (χ0n) is 15.5. The monoisotopic (exact) mass is 406 g/mol. The van der Waals surface area contributed by atoms with Crippen molar-refractivity contribution < 1.29 is 21.9 Å². The Labute approximate surface area is 163 Å². The van der Waals surface area contributed by atoms with E-state index in [-0.39, 0.29) is 28.9 Å². The molecular formula is C20H20F2N2O3S. The Hall–Kier alpha value is -2.66. The number of ether oxygens (including phenoxy) is 1. The SMILES string of the molecule is C[C@@H]1CN(C#N)C[C@@H]1COc1c(F)cc(-c2ccc(S(C)(=O)=O)cc2)cc1F. The fourth-order valence-corrected chi connectivity index (χ4v) is 3.91. The Morgan fingerprint density at radius 1 is 1.14 bits per heavy atom. The highest BCUT2D eigenvalue weighted by Gasteiger charge is 2.30. The summed E-state index contributed by atoms with van der Waals surface area (Å²) >= 11 is 0. The quantitative estimate of drug-likeness (QED) is 0.711. The van der Waals surface area contributed by atoms with Gasteiger partial charge in [0.25, 0.3) is 0 Å². The lowest BCUT2D eigenvalue weighted by Crippen LogP contribution is -2.20. The summed E-state index contributed by atoms with van der Waals surface area (Å²) in [6.07, 6.45) is 3.17. The molecule has 28 heavy (non-hydrogen) atoms. The molecule has 2 aromatic carbocycles. The molecule has 0 saturated carbocycles. The maximum Gasteiger partial charge on any atom is 0.190 e. The van der Waals surface area contributed by atoms with Gasteiger partial charge in [-0.15, -0.1) is 0 Å². The smallest absolute Gasteiger partial charge is 0.190 e. The second-order valence-electron chi connectivity index (χ2n) is 7.12. The number of likely N-dealkylation sites (tertiary alicyclic amines) is 1. The fourth-order valence-electron chi connectivity index (χ4n) is 3.28. The van der Waals surface area contributed by atoms with Crippen LogP contribution in [0.2, 0.25) is 0 Å². The van der Waals surface area contributed by atoms with Crippen molar-refractivity contribution in [2.45, 2.75) is 11.8 Å². The van der Waals surface area contributed by atoms with Gasteiger partial charge in [0.2, 0.25) is 0 Å². The summed E-state index contributed by atoms with van der Waals surface area (Å²) in [4.78, 5) is 1.74. The molecular weight excluding hydrogens is 386 g/mol. The zero-order chi connectivity index (χ0) is 20.5. The maximum absolute atomic E-state index is 14.5. The van der Waals surface area contributed by atoms with Gasteiger partial charge in [0.1, 0.15) is 0 Å². The van der Waals surface area contributed by atoms with Crippen LogP contribution in [0.25, 0.3) is 11.1 Å². The van der Waals surface area contributed by atoms with Crippen LogP contribution in [-0.4, -0.2) is 39.3 Å². The standard InChI is InChI=1S/C20H20F2N2O3S/c1-13-9-24(12-23)10-16(13)11-27-20-18(21)7-15(8-19(20)22)14-3-5-17(6-4-14)28(2,25)26/h3-8,13,16H,9-11H2,1-2H3/t13-,16-/m1/s1. The van der Waals surface area contributed by atoms with Gasteiger partial charge in [0, 0.05) is 25.3 Å². The Bertz CT molecular complexity index is 994. The molecule has 0 amide bonds. The van der Waals surface area contributed by atoms with Crippen LogP contribution in [0.3, 0.4) is 0 Å². The predicted molar refractivity (Wildman–Crippen MR) is 100 cm³/mol. The molecule has 3 rings (SSSR count). The summed E-state index contributed by atoms with van der Waals surface area (Å²) in [5, 5.41) is 8.96. The van der Waals surface area contributed by atoms with Crippen LogP contribution < -0.4 is 4.74 Å². The van der Waals surface area contributed by atoms with Crippen molar-refractivity contribution in [1.29, 1.82) is 5.26 Å². The highest BCUT2D eigenvalue weighted by Crippen LogP contribution is 2.31. The van der Waals surface area contributed by atoms with E-state index in [1.165, 1.54) is 24.3 Å². The van der Waals surface area contributed by atoms with Gasteiger partial charge in [-0.25, -0.2) is 17.2 Å². The van der Waals surface area contributed by atoms with Gasteiger partial charge in [-0.2, -0.15) is 5.26 Å². The molecule has 1 aliphatic heterocycles. The van der Waals surface area contributed by atoms with E-state index in [0.717, 1.165) is 18.4 Å². The number of nitrogens with zero attached hydrogens (tertiary/aromatic N) is 2. The number of benzene rings is 2. The van der Waals surface area contributed by atoms with Crippen LogP contribution in [0.1, 0.15) is 6.92 Å². The van der Waals surface area contributed by atoms with E-state index in [1.54, 1.807) is 4.90 Å². The molecule has 0 aromatic heterocycles. The van der Waals surface area contributed by atoms with E-state index in [9.17, 15) is 17.2 Å². The summed E-state index contributed by atoms with van der Waals surface area (Å²) in [6, 6.07) is 8.12. The molecule has 1 heterocycles. The van der Waals surface area contributed by atoms with Gasteiger partial charge in [0.15, 0.2) is 33.4 Å². The summed E-state index contributed by atoms with van der Waals surface area (Å²) in [7, 11) is -3.34. The van der Waals surface area contributed by atoms with Gasteiger partial charge in [-0.3, -0.25) is 0 Å². The first-order chi connectivity index (χ1) is 13.2. The third kappa shape index (κ3) is 4.25. The van der Waals surface area contributed by atoms with Gasteiger partial charge < -0.3 is 9.64 Å². The van der Waals surface area contributed by atoms with Crippen LogP contribution in [-0.2, 0) is 9.84 Å². The molecule has 5 nitrogen and oxygen atoms in total. The molecule has 148 valence electrons. The van der Waals surface area contributed by atoms with Gasteiger partial charge in [-0.1, -0.05) is 19.1 Å². The minimum atomic E-state index is -3.34. The number of hydrogen-bond acceptors (Lipinski definition) is 5. The van der Waals surface area contributed by atoms with Crippen molar-refractivity contribution in [1.82, 2.24) is 4.90 Å². The van der Waals surface area contributed by atoms with Crippen LogP contribution in [0, 0.1) is 34.9 Å². The molecule has 0 N–H and O–H groups in total. The third-order valence-electron chi connectivity index (χ3n) is 4.97.